The molecule has 0 radical (unpaired) electrons. The molecular formula is C51H96N4O7. The second-order valence-corrected chi connectivity index (χ2v) is 17.2. The molecule has 0 heterocycles. The molecule has 2 rings (SSSR count). The second-order valence-electron chi connectivity index (χ2n) is 17.2. The quantitative estimate of drug-likeness (QED) is 0.0768. The third-order valence-electron chi connectivity index (χ3n) is 8.82. The SMILES string of the molecule is CC.CC(C)C.CCC(C)C.CCCCC(=O)C(=O)NCC(C)=O.CCCCC(C(=O)N(C)C)c1ccccc1.CCCCC(CCC(C)C)C(N)=O.O=CCNC(=O)C1CC1. The standard InChI is InChI=1S/C14H21NO.C11H23NO.C9H15NO3.C6H9NO2.C5H12.C4H10.C2H6/c1-4-5-11-13(14(16)15(2)3)12-9-7-6-8-10-12;1-4-5-6-10(11(12)13)8-7-9(2)3;1-3-4-5-8(12)9(13)10-6-7(2)11;8-4-3-7-6(9)5-1-2-5;1-4-5(2)3;1-4(2)3;1-2/h6-10,13H,4-5,11H2,1-3H3;9-10H,4-8H2,1-3H3,(H2,12,13);3-6H2,1-2H3,(H,10,13);4-5H,1-3H2,(H,7,9);5H,4H2,1-3H3;4H,1-3H3;1-2H3. The Labute approximate surface area is 380 Å². The van der Waals surface area contributed by atoms with Crippen molar-refractivity contribution in [3.63, 3.8) is 0 Å². The Morgan fingerprint density at radius 3 is 1.60 bits per heavy atom. The number of hydrogen-bond acceptors (Lipinski definition) is 7. The summed E-state index contributed by atoms with van der Waals surface area (Å²) in [6, 6.07) is 10.1. The number of hydrogen-bond donors (Lipinski definition) is 3. The van der Waals surface area contributed by atoms with Crippen molar-refractivity contribution in [3.05, 3.63) is 35.9 Å². The summed E-state index contributed by atoms with van der Waals surface area (Å²) in [6.07, 6.45) is 14.3. The monoisotopic (exact) mass is 877 g/mol. The Morgan fingerprint density at radius 1 is 0.742 bits per heavy atom. The van der Waals surface area contributed by atoms with Gasteiger partial charge in [0.2, 0.25) is 23.5 Å². The lowest BCUT2D eigenvalue weighted by molar-refractivity contribution is -0.138. The van der Waals surface area contributed by atoms with E-state index in [0.717, 1.165) is 88.0 Å². The average molecular weight is 877 g/mol. The van der Waals surface area contributed by atoms with E-state index >= 15 is 0 Å². The van der Waals surface area contributed by atoms with Crippen LogP contribution in [-0.2, 0) is 33.6 Å². The van der Waals surface area contributed by atoms with E-state index in [2.05, 4.69) is 79.9 Å². The van der Waals surface area contributed by atoms with Crippen molar-refractivity contribution >= 4 is 41.5 Å². The van der Waals surface area contributed by atoms with Crippen molar-refractivity contribution in [1.29, 1.82) is 0 Å². The van der Waals surface area contributed by atoms with E-state index in [0.29, 0.717) is 18.6 Å². The van der Waals surface area contributed by atoms with Crippen LogP contribution in [0.15, 0.2) is 30.3 Å². The normalized spacial score (nSPS) is 11.8. The van der Waals surface area contributed by atoms with Crippen molar-refractivity contribution in [1.82, 2.24) is 15.5 Å². The summed E-state index contributed by atoms with van der Waals surface area (Å²) in [6.45, 7) is 29.2. The number of carbonyl (C=O) groups excluding carboxylic acids is 7. The Kier molecular flexibility index (Phi) is 50.5. The highest BCUT2D eigenvalue weighted by atomic mass is 16.2. The lowest BCUT2D eigenvalue weighted by Gasteiger charge is -2.20. The number of aldehydes is 1. The number of nitrogens with one attached hydrogen (secondary N) is 2. The summed E-state index contributed by atoms with van der Waals surface area (Å²) in [4.78, 5) is 77.6. The van der Waals surface area contributed by atoms with Crippen LogP contribution in [0.1, 0.15) is 198 Å². The molecule has 1 fully saturated rings. The Balaban J connectivity index is -0.000000218. The van der Waals surface area contributed by atoms with Crippen LogP contribution < -0.4 is 16.4 Å². The number of nitrogens with zero attached hydrogens (tertiary/aromatic N) is 1. The molecule has 0 spiro atoms. The van der Waals surface area contributed by atoms with Crippen molar-refractivity contribution in [2.45, 2.75) is 193 Å². The number of likely N-dealkylation sites (N-methyl/N-ethyl adjacent to an activating group) is 1. The second kappa shape index (κ2) is 46.6. The number of primary amides is 1. The Morgan fingerprint density at radius 2 is 1.23 bits per heavy atom. The van der Waals surface area contributed by atoms with Crippen LogP contribution in [0.3, 0.4) is 0 Å². The molecule has 11 nitrogen and oxygen atoms in total. The molecule has 1 saturated carbocycles. The molecule has 0 aliphatic heterocycles. The molecule has 62 heavy (non-hydrogen) atoms. The first-order chi connectivity index (χ1) is 29.2. The highest BCUT2D eigenvalue weighted by Gasteiger charge is 2.29. The van der Waals surface area contributed by atoms with Crippen molar-refractivity contribution in [3.8, 4) is 0 Å². The minimum Gasteiger partial charge on any atom is -0.369 e. The number of Topliss-reactive ketones (excluding diaryl/α,β-unsaturated/α-hetero) is 2. The van der Waals surface area contributed by atoms with E-state index in [1.807, 2.05) is 65.2 Å². The zero-order valence-corrected chi connectivity index (χ0v) is 42.6. The van der Waals surface area contributed by atoms with Crippen molar-refractivity contribution in [2.24, 2.45) is 35.3 Å². The molecule has 362 valence electrons. The van der Waals surface area contributed by atoms with Crippen LogP contribution in [0.2, 0.25) is 0 Å². The Bertz CT molecular complexity index is 1260. The highest BCUT2D eigenvalue weighted by molar-refractivity contribution is 6.36. The molecule has 1 aromatic rings. The van der Waals surface area contributed by atoms with Crippen molar-refractivity contribution in [2.75, 3.05) is 27.2 Å². The molecular weight excluding hydrogens is 781 g/mol. The fourth-order valence-electron chi connectivity index (χ4n) is 4.64. The first kappa shape index (κ1) is 67.2. The van der Waals surface area contributed by atoms with Gasteiger partial charge in [-0.3, -0.25) is 28.8 Å². The van der Waals surface area contributed by atoms with Crippen LogP contribution in [0, 0.1) is 29.6 Å². The third kappa shape index (κ3) is 48.8. The van der Waals surface area contributed by atoms with E-state index in [4.69, 9.17) is 5.73 Å². The number of nitrogens with two attached hydrogens (primary N) is 1. The van der Waals surface area contributed by atoms with E-state index < -0.39 is 11.7 Å². The average Bonchev–Trinajstić information content (AvgIpc) is 4.09. The van der Waals surface area contributed by atoms with E-state index in [9.17, 15) is 33.6 Å². The third-order valence-corrected chi connectivity index (χ3v) is 8.82. The van der Waals surface area contributed by atoms with Crippen LogP contribution in [0.4, 0.5) is 0 Å². The van der Waals surface area contributed by atoms with Gasteiger partial charge in [-0.25, -0.2) is 0 Å². The predicted molar refractivity (Wildman–Crippen MR) is 261 cm³/mol. The van der Waals surface area contributed by atoms with Crippen molar-refractivity contribution < 1.29 is 33.6 Å². The fourth-order valence-corrected chi connectivity index (χ4v) is 4.64. The minimum atomic E-state index is -0.649. The molecule has 1 aliphatic carbocycles. The summed E-state index contributed by atoms with van der Waals surface area (Å²) in [5.41, 5.74) is 6.46. The fraction of sp³-hybridized carbons (Fsp3) is 0.745. The number of ketones is 2. The maximum atomic E-state index is 12.1. The molecule has 1 aliphatic rings. The van der Waals surface area contributed by atoms with E-state index in [-0.39, 0.29) is 60.8 Å². The molecule has 4 amide bonds. The van der Waals surface area contributed by atoms with Gasteiger partial charge in [0.1, 0.15) is 12.1 Å². The van der Waals surface area contributed by atoms with Gasteiger partial charge < -0.3 is 26.1 Å². The van der Waals surface area contributed by atoms with Crippen LogP contribution in [0.25, 0.3) is 0 Å². The molecule has 1 aromatic carbocycles. The van der Waals surface area contributed by atoms with Gasteiger partial charge in [-0.15, -0.1) is 0 Å². The number of unbranched alkanes of at least 4 members (excludes halogenated alkanes) is 3. The summed E-state index contributed by atoms with van der Waals surface area (Å²) in [5.74, 6) is 1.61. The number of amides is 4. The zero-order valence-electron chi connectivity index (χ0n) is 42.6. The molecule has 11 heteroatoms. The number of rotatable bonds is 22. The van der Waals surface area contributed by atoms with Gasteiger partial charge >= 0.3 is 0 Å². The summed E-state index contributed by atoms with van der Waals surface area (Å²) in [7, 11) is 3.65. The maximum absolute atomic E-state index is 12.1. The first-order valence-corrected chi connectivity index (χ1v) is 23.7. The van der Waals surface area contributed by atoms with E-state index in [1.54, 1.807) is 4.90 Å². The maximum Gasteiger partial charge on any atom is 0.287 e. The van der Waals surface area contributed by atoms with Gasteiger partial charge in [-0.2, -0.15) is 0 Å². The smallest absolute Gasteiger partial charge is 0.287 e. The van der Waals surface area contributed by atoms with Gasteiger partial charge in [-0.1, -0.05) is 165 Å². The summed E-state index contributed by atoms with van der Waals surface area (Å²) in [5, 5.41) is 4.74. The lowest BCUT2D eigenvalue weighted by Crippen LogP contribution is -2.34. The highest BCUT2D eigenvalue weighted by Crippen LogP contribution is 2.28. The summed E-state index contributed by atoms with van der Waals surface area (Å²) < 4.78 is 0. The summed E-state index contributed by atoms with van der Waals surface area (Å²) >= 11 is 0. The van der Waals surface area contributed by atoms with Gasteiger partial charge in [-0.05, 0) is 68.8 Å². The van der Waals surface area contributed by atoms with Gasteiger partial charge in [0.25, 0.3) is 5.91 Å². The topological polar surface area (TPSA) is 173 Å². The number of benzene rings is 1. The molecule has 2 atom stereocenters. The van der Waals surface area contributed by atoms with Gasteiger partial charge in [0.15, 0.2) is 0 Å². The van der Waals surface area contributed by atoms with Crippen LogP contribution in [-0.4, -0.2) is 73.6 Å². The van der Waals surface area contributed by atoms with E-state index in [1.165, 1.54) is 13.3 Å². The molecule has 0 aromatic heterocycles. The lowest BCUT2D eigenvalue weighted by atomic mass is 9.92. The zero-order chi connectivity index (χ0) is 49.1. The van der Waals surface area contributed by atoms with Crippen LogP contribution >= 0.6 is 0 Å². The Hall–Kier alpha value is -3.89. The van der Waals surface area contributed by atoms with Gasteiger partial charge in [0.05, 0.1) is 19.0 Å². The van der Waals surface area contributed by atoms with Crippen LogP contribution in [0.5, 0.6) is 0 Å². The molecule has 0 saturated heterocycles. The number of carbonyl (C=O) groups is 7. The van der Waals surface area contributed by atoms with Gasteiger partial charge in [0, 0.05) is 32.4 Å². The predicted octanol–water partition coefficient (Wildman–Crippen LogP) is 10.7. The molecule has 2 unspecified atom stereocenters. The molecule has 0 bridgehead atoms. The largest absolute Gasteiger partial charge is 0.369 e. The molecule has 4 N–H and O–H groups in total. The minimum absolute atomic E-state index is 0.0242. The first-order valence-electron chi connectivity index (χ1n) is 23.7.